The van der Waals surface area contributed by atoms with Crippen LogP contribution < -0.4 is 15.4 Å². The largest absolute Gasteiger partial charge is 0.495 e. The maximum absolute atomic E-state index is 6.30. The fourth-order valence-corrected chi connectivity index (χ4v) is 4.43. The highest BCUT2D eigenvalue weighted by molar-refractivity contribution is 8.10. The lowest BCUT2D eigenvalue weighted by Crippen LogP contribution is -2.33. The van der Waals surface area contributed by atoms with Crippen LogP contribution in [0.1, 0.15) is 12.0 Å². The third-order valence-electron chi connectivity index (χ3n) is 4.95. The summed E-state index contributed by atoms with van der Waals surface area (Å²) in [6, 6.07) is 15.9. The average molecular weight is 430 g/mol. The van der Waals surface area contributed by atoms with E-state index >= 15 is 0 Å². The number of rotatable bonds is 7. The molecule has 29 heavy (non-hydrogen) atoms. The molecule has 3 rings (SSSR count). The van der Waals surface area contributed by atoms with E-state index in [1.165, 1.54) is 11.8 Å². The quantitative estimate of drug-likeness (QED) is 0.665. The normalized spacial score (nSPS) is 15.8. The predicted octanol–water partition coefficient (Wildman–Crippen LogP) is 5.06. The first kappa shape index (κ1) is 21.6. The van der Waals surface area contributed by atoms with Crippen LogP contribution in [0.5, 0.6) is 5.75 Å². The summed E-state index contributed by atoms with van der Waals surface area (Å²) in [7, 11) is 1.72. The Hall–Kier alpha value is -2.08. The summed E-state index contributed by atoms with van der Waals surface area (Å²) in [6.45, 7) is 8.83. The van der Waals surface area contributed by atoms with Crippen LogP contribution in [0.25, 0.3) is 4.91 Å². The summed E-state index contributed by atoms with van der Waals surface area (Å²) in [6.07, 6.45) is 1.09. The van der Waals surface area contributed by atoms with E-state index in [1.54, 1.807) is 7.11 Å². The highest BCUT2D eigenvalue weighted by Crippen LogP contribution is 2.32. The zero-order chi connectivity index (χ0) is 20.6. The van der Waals surface area contributed by atoms with Crippen LogP contribution >= 0.6 is 23.4 Å². The zero-order valence-electron chi connectivity index (χ0n) is 16.8. The molecule has 1 fully saturated rings. The van der Waals surface area contributed by atoms with Crippen LogP contribution in [0.15, 0.2) is 66.2 Å². The maximum atomic E-state index is 6.30. The molecule has 1 aliphatic rings. The Balaban J connectivity index is 1.55. The monoisotopic (exact) mass is 429 g/mol. The third-order valence-corrected chi connectivity index (χ3v) is 6.20. The molecule has 0 bridgehead atoms. The van der Waals surface area contributed by atoms with Crippen molar-refractivity contribution in [1.82, 2.24) is 4.90 Å². The van der Waals surface area contributed by atoms with Crippen LogP contribution in [-0.2, 0) is 0 Å². The van der Waals surface area contributed by atoms with Crippen molar-refractivity contribution in [2.75, 3.05) is 44.7 Å². The number of thioether (sulfide) groups is 1. The number of para-hydroxylation sites is 2. The molecule has 2 aromatic carbocycles. The number of hydrogen-bond acceptors (Lipinski definition) is 5. The van der Waals surface area contributed by atoms with Gasteiger partial charge in [0.1, 0.15) is 5.75 Å². The smallest absolute Gasteiger partial charge is 0.142 e. The molecule has 1 aliphatic heterocycles. The van der Waals surface area contributed by atoms with Gasteiger partial charge in [-0.3, -0.25) is 4.90 Å². The molecule has 0 atom stereocenters. The van der Waals surface area contributed by atoms with Gasteiger partial charge < -0.3 is 15.4 Å². The number of hydrogen-bond donors (Lipinski definition) is 1. The molecule has 0 unspecified atom stereocenters. The third kappa shape index (κ3) is 5.95. The summed E-state index contributed by atoms with van der Waals surface area (Å²) in [5, 5.41) is 2.69. The molecular formula is C23H28ClN3OS. The van der Waals surface area contributed by atoms with E-state index < -0.39 is 0 Å². The van der Waals surface area contributed by atoms with Gasteiger partial charge in [-0.05, 0) is 30.0 Å². The second kappa shape index (κ2) is 10.6. The molecular weight excluding hydrogens is 402 g/mol. The summed E-state index contributed by atoms with van der Waals surface area (Å²) in [5.74, 6) is 0.926. The van der Waals surface area contributed by atoms with Crippen molar-refractivity contribution < 1.29 is 4.74 Å². The fraction of sp³-hybridized carbons (Fsp3) is 0.304. The molecule has 1 saturated heterocycles. The van der Waals surface area contributed by atoms with Gasteiger partial charge in [0.25, 0.3) is 0 Å². The Morgan fingerprint density at radius 2 is 1.90 bits per heavy atom. The van der Waals surface area contributed by atoms with Crippen LogP contribution in [0.2, 0.25) is 5.02 Å². The molecule has 6 heteroatoms. The van der Waals surface area contributed by atoms with Gasteiger partial charge in [0.05, 0.1) is 12.8 Å². The number of methoxy groups -OCH3 is 1. The number of nitrogens with zero attached hydrogens (tertiary/aromatic N) is 2. The van der Waals surface area contributed by atoms with Gasteiger partial charge in [-0.15, -0.1) is 0 Å². The van der Waals surface area contributed by atoms with Crippen LogP contribution in [0, 0.1) is 0 Å². The lowest BCUT2D eigenvalue weighted by atomic mass is 10.2. The van der Waals surface area contributed by atoms with E-state index in [0.29, 0.717) is 5.02 Å². The minimum absolute atomic E-state index is 0.709. The van der Waals surface area contributed by atoms with Crippen molar-refractivity contribution in [3.05, 3.63) is 76.8 Å². The molecule has 0 aromatic heterocycles. The number of nitrogens with two attached hydrogens (primary N) is 1. The SMILES string of the molecule is C=C(S/C=C(\N)CN1CCCN(c2ccccc2OC)CC1)c1ccccc1Cl. The molecule has 0 amide bonds. The first-order chi connectivity index (χ1) is 14.1. The topological polar surface area (TPSA) is 41.7 Å². The van der Waals surface area contributed by atoms with E-state index in [2.05, 4.69) is 28.5 Å². The van der Waals surface area contributed by atoms with Gasteiger partial charge in [0, 0.05) is 53.9 Å². The zero-order valence-corrected chi connectivity index (χ0v) is 18.4. The van der Waals surface area contributed by atoms with Gasteiger partial charge >= 0.3 is 0 Å². The second-order valence-electron chi connectivity index (χ2n) is 7.00. The Bertz CT molecular complexity index is 871. The lowest BCUT2D eigenvalue weighted by molar-refractivity contribution is 0.317. The predicted molar refractivity (Wildman–Crippen MR) is 127 cm³/mol. The van der Waals surface area contributed by atoms with Crippen molar-refractivity contribution in [1.29, 1.82) is 0 Å². The fourth-order valence-electron chi connectivity index (χ4n) is 3.45. The molecule has 4 nitrogen and oxygen atoms in total. The van der Waals surface area contributed by atoms with Crippen molar-refractivity contribution in [3.8, 4) is 5.75 Å². The van der Waals surface area contributed by atoms with Crippen molar-refractivity contribution >= 4 is 34.0 Å². The van der Waals surface area contributed by atoms with Gasteiger partial charge in [0.2, 0.25) is 0 Å². The van der Waals surface area contributed by atoms with Crippen molar-refractivity contribution in [2.24, 2.45) is 5.73 Å². The number of halogens is 1. The van der Waals surface area contributed by atoms with Crippen LogP contribution in [0.4, 0.5) is 5.69 Å². The van der Waals surface area contributed by atoms with E-state index in [4.69, 9.17) is 22.1 Å². The lowest BCUT2D eigenvalue weighted by Gasteiger charge is -2.25. The van der Waals surface area contributed by atoms with E-state index in [-0.39, 0.29) is 0 Å². The number of ether oxygens (including phenoxy) is 1. The Labute approximate surface area is 183 Å². The summed E-state index contributed by atoms with van der Waals surface area (Å²) in [4.78, 5) is 5.70. The average Bonchev–Trinajstić information content (AvgIpc) is 2.97. The van der Waals surface area contributed by atoms with Gasteiger partial charge in [-0.1, -0.05) is 60.3 Å². The van der Waals surface area contributed by atoms with E-state index in [1.807, 2.05) is 41.8 Å². The molecule has 2 N–H and O–H groups in total. The molecule has 0 radical (unpaired) electrons. The molecule has 154 valence electrons. The molecule has 0 spiro atoms. The molecule has 0 aliphatic carbocycles. The first-order valence-corrected chi connectivity index (χ1v) is 11.0. The molecule has 2 aromatic rings. The summed E-state index contributed by atoms with van der Waals surface area (Å²) < 4.78 is 5.53. The second-order valence-corrected chi connectivity index (χ2v) is 8.37. The highest BCUT2D eigenvalue weighted by Gasteiger charge is 2.18. The maximum Gasteiger partial charge on any atom is 0.142 e. The van der Waals surface area contributed by atoms with E-state index in [9.17, 15) is 0 Å². The Morgan fingerprint density at radius 1 is 1.14 bits per heavy atom. The van der Waals surface area contributed by atoms with Crippen LogP contribution in [-0.4, -0.2) is 44.7 Å². The highest BCUT2D eigenvalue weighted by atomic mass is 35.5. The summed E-state index contributed by atoms with van der Waals surface area (Å²) in [5.41, 5.74) is 9.25. The van der Waals surface area contributed by atoms with Gasteiger partial charge in [-0.2, -0.15) is 0 Å². The number of benzene rings is 2. The number of anilines is 1. The van der Waals surface area contributed by atoms with Gasteiger partial charge in [0.15, 0.2) is 0 Å². The van der Waals surface area contributed by atoms with Gasteiger partial charge in [-0.25, -0.2) is 0 Å². The standard InChI is InChI=1S/C23H28ClN3OS/c1-18(20-8-3-4-9-21(20)24)29-17-19(25)16-26-12-7-13-27(15-14-26)22-10-5-6-11-23(22)28-2/h3-6,8-11,17H,1,7,12-16,25H2,2H3/b19-17-. The van der Waals surface area contributed by atoms with E-state index in [0.717, 1.165) is 66.7 Å². The minimum Gasteiger partial charge on any atom is -0.495 e. The minimum atomic E-state index is 0.709. The Morgan fingerprint density at radius 3 is 2.69 bits per heavy atom. The molecule has 0 saturated carbocycles. The van der Waals surface area contributed by atoms with Crippen LogP contribution in [0.3, 0.4) is 0 Å². The summed E-state index contributed by atoms with van der Waals surface area (Å²) >= 11 is 7.77. The van der Waals surface area contributed by atoms with Crippen molar-refractivity contribution in [2.45, 2.75) is 6.42 Å². The first-order valence-electron chi connectivity index (χ1n) is 9.74. The van der Waals surface area contributed by atoms with Crippen molar-refractivity contribution in [3.63, 3.8) is 0 Å². The molecule has 1 heterocycles. The Kier molecular flexibility index (Phi) is 7.92.